The highest BCUT2D eigenvalue weighted by Gasteiger charge is 2.03. The van der Waals surface area contributed by atoms with Crippen LogP contribution in [-0.4, -0.2) is 0 Å². The van der Waals surface area contributed by atoms with Crippen molar-refractivity contribution < 1.29 is 0 Å². The third kappa shape index (κ3) is 4.94. The molecule has 2 radical (unpaired) electrons. The molecule has 108 valence electrons. The van der Waals surface area contributed by atoms with Gasteiger partial charge in [0.05, 0.1) is 0 Å². The molecule has 0 aliphatic rings. The number of aryl methyl sites for hydroxylation is 1. The van der Waals surface area contributed by atoms with Crippen molar-refractivity contribution in [1.82, 2.24) is 0 Å². The van der Waals surface area contributed by atoms with Gasteiger partial charge < -0.3 is 0 Å². The van der Waals surface area contributed by atoms with Gasteiger partial charge in [0.25, 0.3) is 0 Å². The Morgan fingerprint density at radius 2 is 1.65 bits per heavy atom. The summed E-state index contributed by atoms with van der Waals surface area (Å²) in [5, 5.41) is 4.86. The SMILES string of the molecule is CCCCCCCCCCCc1[c]sc2c[c]ccc12. The summed E-state index contributed by atoms with van der Waals surface area (Å²) in [5.74, 6) is 0. The molecule has 0 saturated heterocycles. The predicted octanol–water partition coefficient (Wildman–Crippen LogP) is 6.57. The Balaban J connectivity index is 1.57. The third-order valence-corrected chi connectivity index (χ3v) is 4.87. The average Bonchev–Trinajstić information content (AvgIpc) is 2.89. The number of thiophene rings is 1. The summed E-state index contributed by atoms with van der Waals surface area (Å²) in [5.41, 5.74) is 1.42. The van der Waals surface area contributed by atoms with Crippen molar-refractivity contribution in [1.29, 1.82) is 0 Å². The van der Waals surface area contributed by atoms with Gasteiger partial charge in [-0.1, -0.05) is 70.4 Å². The van der Waals surface area contributed by atoms with Crippen molar-refractivity contribution in [3.05, 3.63) is 35.2 Å². The molecule has 0 spiro atoms. The van der Waals surface area contributed by atoms with Crippen LogP contribution < -0.4 is 0 Å². The maximum absolute atomic E-state index is 3.46. The Labute approximate surface area is 128 Å². The first-order valence-electron chi connectivity index (χ1n) is 8.21. The van der Waals surface area contributed by atoms with Crippen molar-refractivity contribution >= 4 is 21.4 Å². The lowest BCUT2D eigenvalue weighted by Gasteiger charge is -2.02. The summed E-state index contributed by atoms with van der Waals surface area (Å²) in [7, 11) is 0. The highest BCUT2D eigenvalue weighted by Crippen LogP contribution is 2.26. The first kappa shape index (κ1) is 15.6. The summed E-state index contributed by atoms with van der Waals surface area (Å²) < 4.78 is 1.33. The number of benzene rings is 1. The standard InChI is InChI=1S/C19H26S/c1-2-3-4-5-6-7-8-9-10-13-17-16-20-19-15-12-11-14-18(17)19/h11,14-15H,2-10,13H2,1H3. The lowest BCUT2D eigenvalue weighted by Crippen LogP contribution is -1.85. The van der Waals surface area contributed by atoms with E-state index in [2.05, 4.69) is 30.5 Å². The maximum Gasteiger partial charge on any atom is 0.0490 e. The molecular formula is C19H26S. The van der Waals surface area contributed by atoms with Crippen molar-refractivity contribution in [2.45, 2.75) is 71.1 Å². The predicted molar refractivity (Wildman–Crippen MR) is 90.4 cm³/mol. The second-order valence-corrected chi connectivity index (χ2v) is 6.53. The molecule has 0 saturated carbocycles. The van der Waals surface area contributed by atoms with Gasteiger partial charge in [-0.2, -0.15) is 0 Å². The fourth-order valence-electron chi connectivity index (χ4n) is 2.72. The van der Waals surface area contributed by atoms with Crippen molar-refractivity contribution in [3.63, 3.8) is 0 Å². The van der Waals surface area contributed by atoms with Gasteiger partial charge in [0.15, 0.2) is 0 Å². The molecule has 1 heterocycles. The molecule has 0 nitrogen and oxygen atoms in total. The van der Waals surface area contributed by atoms with Crippen LogP contribution in [-0.2, 0) is 6.42 Å². The lowest BCUT2D eigenvalue weighted by molar-refractivity contribution is 0.565. The van der Waals surface area contributed by atoms with E-state index in [1.165, 1.54) is 79.9 Å². The molecular weight excluding hydrogens is 260 g/mol. The molecule has 20 heavy (non-hydrogen) atoms. The lowest BCUT2D eigenvalue weighted by atomic mass is 10.0. The Morgan fingerprint density at radius 1 is 0.950 bits per heavy atom. The smallest absolute Gasteiger partial charge is 0.0490 e. The monoisotopic (exact) mass is 286 g/mol. The van der Waals surface area contributed by atoms with Crippen LogP contribution in [0.25, 0.3) is 10.1 Å². The van der Waals surface area contributed by atoms with Crippen LogP contribution in [0.3, 0.4) is 0 Å². The van der Waals surface area contributed by atoms with Crippen LogP contribution in [0.2, 0.25) is 0 Å². The molecule has 0 bridgehead atoms. The van der Waals surface area contributed by atoms with Crippen molar-refractivity contribution in [2.75, 3.05) is 0 Å². The van der Waals surface area contributed by atoms with E-state index in [0.29, 0.717) is 0 Å². The van der Waals surface area contributed by atoms with E-state index in [1.54, 1.807) is 11.3 Å². The molecule has 1 aromatic heterocycles. The fourth-order valence-corrected chi connectivity index (χ4v) is 3.59. The highest BCUT2D eigenvalue weighted by molar-refractivity contribution is 7.16. The van der Waals surface area contributed by atoms with Crippen LogP contribution >= 0.6 is 11.3 Å². The van der Waals surface area contributed by atoms with Gasteiger partial charge >= 0.3 is 0 Å². The number of fused-ring (bicyclic) bond motifs is 1. The quantitative estimate of drug-likeness (QED) is 0.433. The average molecular weight is 286 g/mol. The molecule has 1 aromatic carbocycles. The minimum atomic E-state index is 1.19. The minimum absolute atomic E-state index is 1.19. The first-order chi connectivity index (χ1) is 9.92. The van der Waals surface area contributed by atoms with Crippen LogP contribution in [0.15, 0.2) is 18.2 Å². The van der Waals surface area contributed by atoms with Crippen LogP contribution in [0.4, 0.5) is 0 Å². The van der Waals surface area contributed by atoms with Gasteiger partial charge in [0, 0.05) is 10.1 Å². The van der Waals surface area contributed by atoms with E-state index < -0.39 is 0 Å². The maximum atomic E-state index is 3.46. The molecule has 0 unspecified atom stereocenters. The van der Waals surface area contributed by atoms with E-state index in [-0.39, 0.29) is 0 Å². The minimum Gasteiger partial charge on any atom is -0.134 e. The first-order valence-corrected chi connectivity index (χ1v) is 9.02. The molecule has 2 aromatic rings. The van der Waals surface area contributed by atoms with Gasteiger partial charge in [-0.15, -0.1) is 11.3 Å². The van der Waals surface area contributed by atoms with Crippen LogP contribution in [0.5, 0.6) is 0 Å². The summed E-state index contributed by atoms with van der Waals surface area (Å²) in [6.07, 6.45) is 13.8. The Kier molecular flexibility index (Phi) is 7.14. The zero-order valence-electron chi connectivity index (χ0n) is 12.7. The highest BCUT2D eigenvalue weighted by atomic mass is 32.1. The Hall–Kier alpha value is -0.820. The van der Waals surface area contributed by atoms with Gasteiger partial charge in [-0.05, 0) is 35.9 Å². The Bertz CT molecular complexity index is 483. The van der Waals surface area contributed by atoms with Gasteiger partial charge in [-0.25, -0.2) is 0 Å². The summed E-state index contributed by atoms with van der Waals surface area (Å²) in [6.45, 7) is 2.28. The third-order valence-electron chi connectivity index (χ3n) is 3.97. The Morgan fingerprint density at radius 3 is 2.40 bits per heavy atom. The van der Waals surface area contributed by atoms with E-state index in [0.717, 1.165) is 0 Å². The number of rotatable bonds is 10. The molecule has 0 aliphatic carbocycles. The second kappa shape index (κ2) is 9.18. The van der Waals surface area contributed by atoms with E-state index in [1.807, 2.05) is 6.07 Å². The molecule has 2 rings (SSSR count). The molecule has 1 heteroatoms. The summed E-state index contributed by atoms with van der Waals surface area (Å²) in [6, 6.07) is 9.43. The zero-order chi connectivity index (χ0) is 14.0. The molecule has 0 atom stereocenters. The van der Waals surface area contributed by atoms with Gasteiger partial charge in [-0.3, -0.25) is 0 Å². The zero-order valence-corrected chi connectivity index (χ0v) is 13.5. The molecule has 0 amide bonds. The summed E-state index contributed by atoms with van der Waals surface area (Å²) >= 11 is 1.74. The molecule has 0 N–H and O–H groups in total. The molecule has 0 fully saturated rings. The van der Waals surface area contributed by atoms with Crippen LogP contribution in [0, 0.1) is 11.4 Å². The number of hydrogen-bond donors (Lipinski definition) is 0. The molecule has 0 aliphatic heterocycles. The topological polar surface area (TPSA) is 0 Å². The van der Waals surface area contributed by atoms with Crippen LogP contribution in [0.1, 0.15) is 70.3 Å². The van der Waals surface area contributed by atoms with E-state index in [4.69, 9.17) is 0 Å². The number of hydrogen-bond acceptors (Lipinski definition) is 1. The normalized spacial score (nSPS) is 11.2. The fraction of sp³-hybridized carbons (Fsp3) is 0.579. The largest absolute Gasteiger partial charge is 0.134 e. The van der Waals surface area contributed by atoms with Crippen molar-refractivity contribution in [3.8, 4) is 0 Å². The van der Waals surface area contributed by atoms with E-state index >= 15 is 0 Å². The van der Waals surface area contributed by atoms with Gasteiger partial charge in [0.1, 0.15) is 0 Å². The second-order valence-electron chi connectivity index (χ2n) is 5.68. The van der Waals surface area contributed by atoms with E-state index in [9.17, 15) is 0 Å². The van der Waals surface area contributed by atoms with Gasteiger partial charge in [0.2, 0.25) is 0 Å². The van der Waals surface area contributed by atoms with Crippen molar-refractivity contribution in [2.24, 2.45) is 0 Å². The summed E-state index contributed by atoms with van der Waals surface area (Å²) in [4.78, 5) is 0. The number of unbranched alkanes of at least 4 members (excludes halogenated alkanes) is 8.